The second kappa shape index (κ2) is 7.73. The molecule has 1 aliphatic rings. The number of hydrogen-bond acceptors (Lipinski definition) is 6. The van der Waals surface area contributed by atoms with Crippen molar-refractivity contribution in [2.75, 3.05) is 23.3 Å². The summed E-state index contributed by atoms with van der Waals surface area (Å²) < 4.78 is 1.29. The van der Waals surface area contributed by atoms with Gasteiger partial charge in [0.1, 0.15) is 18.9 Å². The maximum Gasteiger partial charge on any atom is 0.246 e. The van der Waals surface area contributed by atoms with Gasteiger partial charge in [-0.1, -0.05) is 6.07 Å². The van der Waals surface area contributed by atoms with Crippen molar-refractivity contribution in [2.45, 2.75) is 32.4 Å². The van der Waals surface area contributed by atoms with E-state index in [1.165, 1.54) is 23.9 Å². The smallest absolute Gasteiger partial charge is 0.246 e. The van der Waals surface area contributed by atoms with Crippen molar-refractivity contribution >= 4 is 23.2 Å². The number of benzene rings is 1. The Hall–Kier alpha value is -2.97. The number of nitrogens with one attached hydrogen (secondary N) is 2. The lowest BCUT2D eigenvalue weighted by Crippen LogP contribution is -2.43. The lowest BCUT2D eigenvalue weighted by atomic mass is 10.2. The molecule has 132 valence electrons. The molecule has 3 rings (SSSR count). The summed E-state index contributed by atoms with van der Waals surface area (Å²) in [6.45, 7) is 3.69. The zero-order valence-corrected chi connectivity index (χ0v) is 14.1. The summed E-state index contributed by atoms with van der Waals surface area (Å²) >= 11 is 0. The molecule has 0 bridgehead atoms. The van der Waals surface area contributed by atoms with E-state index in [1.807, 2.05) is 24.3 Å². The van der Waals surface area contributed by atoms with Crippen LogP contribution < -0.4 is 15.5 Å². The molecule has 9 heteroatoms. The van der Waals surface area contributed by atoms with Gasteiger partial charge in [-0.15, -0.1) is 5.10 Å². The van der Waals surface area contributed by atoms with Crippen molar-refractivity contribution in [3.63, 3.8) is 0 Å². The lowest BCUT2D eigenvalue weighted by molar-refractivity contribution is -0.126. The van der Waals surface area contributed by atoms with Crippen LogP contribution in [0.2, 0.25) is 0 Å². The van der Waals surface area contributed by atoms with E-state index in [0.29, 0.717) is 0 Å². The van der Waals surface area contributed by atoms with Crippen LogP contribution in [0.3, 0.4) is 0 Å². The van der Waals surface area contributed by atoms with E-state index in [-0.39, 0.29) is 18.4 Å². The Balaban J connectivity index is 1.54. The zero-order valence-electron chi connectivity index (χ0n) is 14.1. The molecular formula is C16H21N7O2. The van der Waals surface area contributed by atoms with Gasteiger partial charge in [-0.2, -0.15) is 0 Å². The fraction of sp³-hybridized carbons (Fsp3) is 0.438. The zero-order chi connectivity index (χ0) is 17.6. The van der Waals surface area contributed by atoms with E-state index in [4.69, 9.17) is 0 Å². The second-order valence-electron chi connectivity index (χ2n) is 6.03. The molecule has 2 N–H and O–H groups in total. The van der Waals surface area contributed by atoms with Gasteiger partial charge in [-0.3, -0.25) is 9.59 Å². The van der Waals surface area contributed by atoms with Crippen LogP contribution in [0, 0.1) is 0 Å². The molecule has 0 saturated carbocycles. The van der Waals surface area contributed by atoms with Crippen LogP contribution in [-0.2, 0) is 16.1 Å². The highest BCUT2D eigenvalue weighted by atomic mass is 16.2. The third kappa shape index (κ3) is 4.52. The van der Waals surface area contributed by atoms with Crippen LogP contribution >= 0.6 is 0 Å². The molecule has 0 radical (unpaired) electrons. The van der Waals surface area contributed by atoms with E-state index in [9.17, 15) is 9.59 Å². The van der Waals surface area contributed by atoms with Crippen LogP contribution in [0.1, 0.15) is 19.8 Å². The topological polar surface area (TPSA) is 105 Å². The van der Waals surface area contributed by atoms with E-state index < -0.39 is 6.04 Å². The van der Waals surface area contributed by atoms with E-state index in [1.54, 1.807) is 6.92 Å². The minimum absolute atomic E-state index is 0.0327. The number of carbonyl (C=O) groups is 2. The van der Waals surface area contributed by atoms with Crippen LogP contribution in [0.25, 0.3) is 0 Å². The van der Waals surface area contributed by atoms with Crippen LogP contribution in [0.4, 0.5) is 11.4 Å². The maximum atomic E-state index is 12.3. The molecule has 2 heterocycles. The first kappa shape index (κ1) is 16.9. The van der Waals surface area contributed by atoms with Gasteiger partial charge in [0.15, 0.2) is 0 Å². The van der Waals surface area contributed by atoms with E-state index in [0.717, 1.165) is 24.5 Å². The Morgan fingerprint density at radius 3 is 2.80 bits per heavy atom. The van der Waals surface area contributed by atoms with Gasteiger partial charge in [0.2, 0.25) is 11.8 Å². The van der Waals surface area contributed by atoms with Gasteiger partial charge in [0.25, 0.3) is 0 Å². The predicted molar refractivity (Wildman–Crippen MR) is 91.9 cm³/mol. The van der Waals surface area contributed by atoms with Gasteiger partial charge in [-0.05, 0) is 48.4 Å². The van der Waals surface area contributed by atoms with Crippen molar-refractivity contribution < 1.29 is 9.59 Å². The molecule has 0 spiro atoms. The fourth-order valence-electron chi connectivity index (χ4n) is 2.76. The van der Waals surface area contributed by atoms with E-state index in [2.05, 4.69) is 31.1 Å². The quantitative estimate of drug-likeness (QED) is 0.787. The minimum atomic E-state index is -0.667. The predicted octanol–water partition coefficient (Wildman–Crippen LogP) is 0.417. The SMILES string of the molecule is CC(NC(=O)Cn1cnnn1)C(=O)Nc1cccc(N2CCCC2)c1. The first-order valence-electron chi connectivity index (χ1n) is 8.28. The van der Waals surface area contributed by atoms with Crippen molar-refractivity contribution in [2.24, 2.45) is 0 Å². The summed E-state index contributed by atoms with van der Waals surface area (Å²) in [5.41, 5.74) is 1.82. The summed E-state index contributed by atoms with van der Waals surface area (Å²) in [7, 11) is 0. The third-order valence-electron chi connectivity index (χ3n) is 4.05. The largest absolute Gasteiger partial charge is 0.371 e. The molecule has 1 fully saturated rings. The standard InChI is InChI=1S/C16H21N7O2/c1-12(18-15(24)10-23-11-17-20-21-23)16(25)19-13-5-4-6-14(9-13)22-7-2-3-8-22/h4-6,9,11-12H,2-3,7-8,10H2,1H3,(H,18,24)(H,19,25). The van der Waals surface area contributed by atoms with Crippen molar-refractivity contribution in [3.8, 4) is 0 Å². The molecule has 1 unspecified atom stereocenters. The monoisotopic (exact) mass is 343 g/mol. The van der Waals surface area contributed by atoms with Gasteiger partial charge in [0.05, 0.1) is 0 Å². The summed E-state index contributed by atoms with van der Waals surface area (Å²) in [6, 6.07) is 7.09. The number of anilines is 2. The first-order valence-corrected chi connectivity index (χ1v) is 8.28. The number of rotatable bonds is 6. The Morgan fingerprint density at radius 1 is 1.28 bits per heavy atom. The van der Waals surface area contributed by atoms with Gasteiger partial charge >= 0.3 is 0 Å². The highest BCUT2D eigenvalue weighted by Crippen LogP contribution is 2.23. The summed E-state index contributed by atoms with van der Waals surface area (Å²) in [5, 5.41) is 16.0. The molecule has 1 saturated heterocycles. The van der Waals surface area contributed by atoms with Gasteiger partial charge < -0.3 is 15.5 Å². The number of aromatic nitrogens is 4. The number of amides is 2. The molecule has 1 atom stereocenters. The molecule has 1 aromatic carbocycles. The average Bonchev–Trinajstić information content (AvgIpc) is 3.28. The van der Waals surface area contributed by atoms with Crippen molar-refractivity contribution in [1.29, 1.82) is 0 Å². The Morgan fingerprint density at radius 2 is 2.08 bits per heavy atom. The fourth-order valence-corrected chi connectivity index (χ4v) is 2.76. The molecule has 2 amide bonds. The molecule has 1 aromatic heterocycles. The number of nitrogens with zero attached hydrogens (tertiary/aromatic N) is 5. The second-order valence-corrected chi connectivity index (χ2v) is 6.03. The van der Waals surface area contributed by atoms with Crippen molar-refractivity contribution in [1.82, 2.24) is 25.5 Å². The molecule has 0 aliphatic carbocycles. The molecule has 25 heavy (non-hydrogen) atoms. The first-order chi connectivity index (χ1) is 12.1. The normalized spacial score (nSPS) is 15.0. The summed E-state index contributed by atoms with van der Waals surface area (Å²) in [5.74, 6) is -0.607. The lowest BCUT2D eigenvalue weighted by Gasteiger charge is -2.19. The van der Waals surface area contributed by atoms with Crippen LogP contribution in [-0.4, -0.2) is 51.2 Å². The highest BCUT2D eigenvalue weighted by molar-refractivity contribution is 5.97. The number of carbonyl (C=O) groups excluding carboxylic acids is 2. The average molecular weight is 343 g/mol. The Bertz CT molecular complexity index is 726. The number of tetrazole rings is 1. The Kier molecular flexibility index (Phi) is 5.22. The summed E-state index contributed by atoms with van der Waals surface area (Å²) in [4.78, 5) is 26.5. The van der Waals surface area contributed by atoms with Gasteiger partial charge in [0, 0.05) is 24.5 Å². The molecule has 9 nitrogen and oxygen atoms in total. The number of hydrogen-bond donors (Lipinski definition) is 2. The summed E-state index contributed by atoms with van der Waals surface area (Å²) in [6.07, 6.45) is 3.73. The van der Waals surface area contributed by atoms with Crippen molar-refractivity contribution in [3.05, 3.63) is 30.6 Å². The van der Waals surface area contributed by atoms with Crippen LogP contribution in [0.5, 0.6) is 0 Å². The molecular weight excluding hydrogens is 322 g/mol. The highest BCUT2D eigenvalue weighted by Gasteiger charge is 2.17. The van der Waals surface area contributed by atoms with E-state index >= 15 is 0 Å². The molecule has 1 aliphatic heterocycles. The molecule has 2 aromatic rings. The van der Waals surface area contributed by atoms with Gasteiger partial charge in [-0.25, -0.2) is 4.68 Å². The minimum Gasteiger partial charge on any atom is -0.371 e. The van der Waals surface area contributed by atoms with Crippen LogP contribution in [0.15, 0.2) is 30.6 Å². The third-order valence-corrected chi connectivity index (χ3v) is 4.05. The Labute approximate surface area is 145 Å². The maximum absolute atomic E-state index is 12.3.